The third-order valence-electron chi connectivity index (χ3n) is 4.48. The number of hydrogen-bond donors (Lipinski definition) is 1. The first-order valence-corrected chi connectivity index (χ1v) is 9.30. The van der Waals surface area contributed by atoms with E-state index in [0.717, 1.165) is 23.1 Å². The van der Waals surface area contributed by atoms with E-state index in [-0.39, 0.29) is 24.9 Å². The zero-order valence-corrected chi connectivity index (χ0v) is 15.6. The monoisotopic (exact) mass is 373 g/mol. The van der Waals surface area contributed by atoms with Gasteiger partial charge in [-0.1, -0.05) is 91.0 Å². The molecule has 1 atom stereocenters. The van der Waals surface area contributed by atoms with Crippen molar-refractivity contribution in [2.45, 2.75) is 25.4 Å². The highest BCUT2D eigenvalue weighted by Gasteiger charge is 2.18. The van der Waals surface area contributed by atoms with E-state index in [2.05, 4.69) is 5.32 Å². The van der Waals surface area contributed by atoms with Crippen molar-refractivity contribution < 1.29 is 14.3 Å². The molecule has 0 heterocycles. The van der Waals surface area contributed by atoms with Crippen molar-refractivity contribution >= 4 is 12.0 Å². The lowest BCUT2D eigenvalue weighted by molar-refractivity contribution is -0.120. The number of amides is 2. The molecule has 3 rings (SSSR count). The maximum atomic E-state index is 12.4. The van der Waals surface area contributed by atoms with Crippen LogP contribution in [0.1, 0.15) is 29.0 Å². The van der Waals surface area contributed by atoms with E-state index >= 15 is 0 Å². The van der Waals surface area contributed by atoms with E-state index < -0.39 is 6.09 Å². The average Bonchev–Trinajstić information content (AvgIpc) is 2.74. The molecular weight excluding hydrogens is 350 g/mol. The van der Waals surface area contributed by atoms with Crippen LogP contribution in [0.3, 0.4) is 0 Å². The van der Waals surface area contributed by atoms with E-state index in [9.17, 15) is 9.59 Å². The Labute approximate surface area is 165 Å². The fourth-order valence-corrected chi connectivity index (χ4v) is 3.08. The quantitative estimate of drug-likeness (QED) is 0.644. The zero-order valence-electron chi connectivity index (χ0n) is 15.6. The second-order valence-corrected chi connectivity index (χ2v) is 6.61. The first kappa shape index (κ1) is 19.4. The molecule has 4 nitrogen and oxygen atoms in total. The molecule has 3 aromatic carbocycles. The molecule has 0 aliphatic rings. The third-order valence-corrected chi connectivity index (χ3v) is 4.48. The van der Waals surface area contributed by atoms with Crippen LogP contribution < -0.4 is 5.32 Å². The van der Waals surface area contributed by atoms with Gasteiger partial charge in [0.1, 0.15) is 6.61 Å². The summed E-state index contributed by atoms with van der Waals surface area (Å²) in [5.41, 5.74) is 3.09. The Morgan fingerprint density at radius 3 is 1.89 bits per heavy atom. The summed E-state index contributed by atoms with van der Waals surface area (Å²) in [6, 6.07) is 29.3. The average molecular weight is 373 g/mol. The number of nitrogens with one attached hydrogen (secondary N) is 1. The van der Waals surface area contributed by atoms with Gasteiger partial charge in [0.05, 0.1) is 0 Å². The van der Waals surface area contributed by atoms with Crippen LogP contribution in [0.2, 0.25) is 0 Å². The number of carbonyl (C=O) groups excluding carboxylic acids is 2. The van der Waals surface area contributed by atoms with Crippen molar-refractivity contribution in [2.75, 3.05) is 0 Å². The number of hydrogen-bond acceptors (Lipinski definition) is 3. The predicted octanol–water partition coefficient (Wildman–Crippen LogP) is 4.86. The first-order valence-electron chi connectivity index (χ1n) is 9.30. The summed E-state index contributed by atoms with van der Waals surface area (Å²) in [4.78, 5) is 24.4. The number of rotatable bonds is 7. The molecule has 4 heteroatoms. The fraction of sp³-hybridized carbons (Fsp3) is 0.167. The molecule has 0 saturated carbocycles. The molecule has 0 aromatic heterocycles. The van der Waals surface area contributed by atoms with Gasteiger partial charge in [-0.2, -0.15) is 0 Å². The number of alkyl carbamates (subject to hydrolysis) is 1. The minimum atomic E-state index is -0.722. The van der Waals surface area contributed by atoms with Crippen molar-refractivity contribution in [1.82, 2.24) is 5.32 Å². The molecule has 0 fully saturated rings. The molecule has 28 heavy (non-hydrogen) atoms. The van der Waals surface area contributed by atoms with Crippen LogP contribution >= 0.6 is 0 Å². The van der Waals surface area contributed by atoms with Gasteiger partial charge in [-0.25, -0.2) is 4.79 Å². The third kappa shape index (κ3) is 6.09. The molecule has 0 bridgehead atoms. The molecule has 2 amide bonds. The van der Waals surface area contributed by atoms with Crippen LogP contribution in [0.15, 0.2) is 91.0 Å². The smallest absolute Gasteiger partial charge is 0.414 e. The molecule has 0 aliphatic heterocycles. The van der Waals surface area contributed by atoms with Crippen LogP contribution in [-0.2, 0) is 22.6 Å². The molecule has 0 saturated heterocycles. The highest BCUT2D eigenvalue weighted by atomic mass is 16.5. The summed E-state index contributed by atoms with van der Waals surface area (Å²) in [7, 11) is 0. The first-order chi connectivity index (χ1) is 13.7. The van der Waals surface area contributed by atoms with E-state index in [1.165, 1.54) is 0 Å². The Morgan fingerprint density at radius 1 is 0.750 bits per heavy atom. The van der Waals surface area contributed by atoms with Gasteiger partial charge in [-0.3, -0.25) is 10.1 Å². The van der Waals surface area contributed by atoms with E-state index in [0.29, 0.717) is 0 Å². The second kappa shape index (κ2) is 10.1. The van der Waals surface area contributed by atoms with E-state index in [1.807, 2.05) is 91.0 Å². The van der Waals surface area contributed by atoms with Crippen LogP contribution in [0, 0.1) is 0 Å². The largest absolute Gasteiger partial charge is 0.444 e. The molecule has 1 unspecified atom stereocenters. The highest BCUT2D eigenvalue weighted by Crippen LogP contribution is 2.24. The summed E-state index contributed by atoms with van der Waals surface area (Å²) in [6.45, 7) is 0.131. The van der Waals surface area contributed by atoms with Crippen molar-refractivity contribution in [3.05, 3.63) is 108 Å². The summed E-state index contributed by atoms with van der Waals surface area (Å²) >= 11 is 0. The molecule has 0 aliphatic carbocycles. The summed E-state index contributed by atoms with van der Waals surface area (Å²) in [6.07, 6.45) is 0.205. The molecule has 142 valence electrons. The van der Waals surface area contributed by atoms with Gasteiger partial charge in [0.25, 0.3) is 0 Å². The molecular formula is C24H23NO3. The molecule has 1 N–H and O–H groups in total. The lowest BCUT2D eigenvalue weighted by atomic mass is 9.89. The number of carbonyl (C=O) groups is 2. The SMILES string of the molecule is O=C(CC(Cc1ccccc1)c1ccccc1)NC(=O)OCc1ccccc1. The summed E-state index contributed by atoms with van der Waals surface area (Å²) in [5, 5.41) is 2.34. The summed E-state index contributed by atoms with van der Waals surface area (Å²) in [5.74, 6) is -0.367. The molecule has 3 aromatic rings. The lowest BCUT2D eigenvalue weighted by Gasteiger charge is -2.17. The van der Waals surface area contributed by atoms with Crippen LogP contribution in [0.5, 0.6) is 0 Å². The predicted molar refractivity (Wildman–Crippen MR) is 109 cm³/mol. The molecule has 0 spiro atoms. The van der Waals surface area contributed by atoms with Crippen molar-refractivity contribution in [1.29, 1.82) is 0 Å². The number of benzene rings is 3. The Bertz CT molecular complexity index is 879. The van der Waals surface area contributed by atoms with E-state index in [1.54, 1.807) is 0 Å². The maximum Gasteiger partial charge on any atom is 0.414 e. The zero-order chi connectivity index (χ0) is 19.6. The van der Waals surface area contributed by atoms with Crippen LogP contribution in [0.4, 0.5) is 4.79 Å². The Morgan fingerprint density at radius 2 is 1.29 bits per heavy atom. The normalized spacial score (nSPS) is 11.4. The Kier molecular flexibility index (Phi) is 6.96. The van der Waals surface area contributed by atoms with Gasteiger partial charge < -0.3 is 4.74 Å². The van der Waals surface area contributed by atoms with E-state index in [4.69, 9.17) is 4.74 Å². The van der Waals surface area contributed by atoms with Gasteiger partial charge in [-0.05, 0) is 29.0 Å². The fourth-order valence-electron chi connectivity index (χ4n) is 3.08. The maximum absolute atomic E-state index is 12.4. The van der Waals surface area contributed by atoms with Crippen molar-refractivity contribution in [3.63, 3.8) is 0 Å². The van der Waals surface area contributed by atoms with Gasteiger partial charge >= 0.3 is 6.09 Å². The second-order valence-electron chi connectivity index (χ2n) is 6.61. The van der Waals surface area contributed by atoms with Crippen molar-refractivity contribution in [3.8, 4) is 0 Å². The Balaban J connectivity index is 1.58. The minimum absolute atomic E-state index is 0.0227. The summed E-state index contributed by atoms with van der Waals surface area (Å²) < 4.78 is 5.13. The molecule has 0 radical (unpaired) electrons. The topological polar surface area (TPSA) is 55.4 Å². The van der Waals surface area contributed by atoms with Crippen LogP contribution in [0.25, 0.3) is 0 Å². The van der Waals surface area contributed by atoms with Gasteiger partial charge in [-0.15, -0.1) is 0 Å². The Hall–Kier alpha value is -3.40. The van der Waals surface area contributed by atoms with Crippen molar-refractivity contribution in [2.24, 2.45) is 0 Å². The van der Waals surface area contributed by atoms with Gasteiger partial charge in [0, 0.05) is 6.42 Å². The minimum Gasteiger partial charge on any atom is -0.444 e. The lowest BCUT2D eigenvalue weighted by Crippen LogP contribution is -2.32. The van der Waals surface area contributed by atoms with Gasteiger partial charge in [0.2, 0.25) is 5.91 Å². The highest BCUT2D eigenvalue weighted by molar-refractivity contribution is 5.92. The number of imide groups is 1. The number of ether oxygens (including phenoxy) is 1. The van der Waals surface area contributed by atoms with Gasteiger partial charge in [0.15, 0.2) is 0 Å². The van der Waals surface area contributed by atoms with Crippen LogP contribution in [-0.4, -0.2) is 12.0 Å². The standard InChI is InChI=1S/C24H23NO3/c26-23(25-24(27)28-18-20-12-6-2-7-13-20)17-22(21-14-8-3-9-15-21)16-19-10-4-1-5-11-19/h1-15,22H,16-18H2,(H,25,26,27).